The van der Waals surface area contributed by atoms with Gasteiger partial charge in [-0.05, 0) is 36.2 Å². The van der Waals surface area contributed by atoms with Crippen molar-refractivity contribution in [2.45, 2.75) is 6.42 Å². The number of carbonyl (C=O) groups is 1. The van der Waals surface area contributed by atoms with E-state index in [0.29, 0.717) is 17.3 Å². The van der Waals surface area contributed by atoms with Crippen LogP contribution in [-0.4, -0.2) is 19.1 Å². The maximum atomic E-state index is 11.6. The van der Waals surface area contributed by atoms with Gasteiger partial charge in [-0.15, -0.1) is 0 Å². The summed E-state index contributed by atoms with van der Waals surface area (Å²) in [7, 11) is 0. The summed E-state index contributed by atoms with van der Waals surface area (Å²) < 4.78 is 5.36. The fraction of sp³-hybridized carbons (Fsp3) is 0.188. The number of hydrogen-bond acceptors (Lipinski definition) is 2. The fourth-order valence-corrected chi connectivity index (χ4v) is 1.97. The van der Waals surface area contributed by atoms with Gasteiger partial charge in [0.25, 0.3) is 5.91 Å². The van der Waals surface area contributed by atoms with Gasteiger partial charge in [0.1, 0.15) is 5.75 Å². The molecule has 0 fully saturated rings. The van der Waals surface area contributed by atoms with Crippen LogP contribution in [0.5, 0.6) is 5.75 Å². The van der Waals surface area contributed by atoms with Gasteiger partial charge < -0.3 is 10.1 Å². The Morgan fingerprint density at radius 3 is 2.65 bits per heavy atom. The molecule has 1 N–H and O–H groups in total. The molecule has 2 aromatic rings. The fourth-order valence-electron chi connectivity index (χ4n) is 1.76. The van der Waals surface area contributed by atoms with E-state index in [9.17, 15) is 4.79 Å². The zero-order valence-electron chi connectivity index (χ0n) is 11.0. The first-order valence-electron chi connectivity index (χ1n) is 6.43. The lowest BCUT2D eigenvalue weighted by Gasteiger charge is -2.07. The second-order valence-electron chi connectivity index (χ2n) is 4.33. The highest BCUT2D eigenvalue weighted by Gasteiger charge is 2.02. The number of carbonyl (C=O) groups excluding carboxylic acids is 1. The summed E-state index contributed by atoms with van der Waals surface area (Å²) in [4.78, 5) is 11.6. The van der Waals surface area contributed by atoms with E-state index in [-0.39, 0.29) is 12.5 Å². The maximum Gasteiger partial charge on any atom is 0.257 e. The highest BCUT2D eigenvalue weighted by atomic mass is 35.5. The summed E-state index contributed by atoms with van der Waals surface area (Å²) in [6.07, 6.45) is 0.748. The Morgan fingerprint density at radius 1 is 1.10 bits per heavy atom. The van der Waals surface area contributed by atoms with Gasteiger partial charge in [0.05, 0.1) is 0 Å². The first-order valence-corrected chi connectivity index (χ1v) is 6.81. The maximum absolute atomic E-state index is 11.6. The van der Waals surface area contributed by atoms with E-state index in [1.807, 2.05) is 54.6 Å². The van der Waals surface area contributed by atoms with E-state index in [1.165, 1.54) is 0 Å². The van der Waals surface area contributed by atoms with E-state index in [2.05, 4.69) is 5.32 Å². The quantitative estimate of drug-likeness (QED) is 0.887. The first kappa shape index (κ1) is 14.4. The highest BCUT2D eigenvalue weighted by molar-refractivity contribution is 6.30. The normalized spacial score (nSPS) is 10.1. The highest BCUT2D eigenvalue weighted by Crippen LogP contribution is 2.10. The van der Waals surface area contributed by atoms with Gasteiger partial charge in [-0.2, -0.15) is 0 Å². The van der Waals surface area contributed by atoms with Gasteiger partial charge in [-0.3, -0.25) is 4.79 Å². The van der Waals surface area contributed by atoms with Crippen LogP contribution in [0.1, 0.15) is 5.56 Å². The molecule has 0 atom stereocenters. The predicted molar refractivity (Wildman–Crippen MR) is 80.1 cm³/mol. The average Bonchev–Trinajstić information content (AvgIpc) is 2.46. The van der Waals surface area contributed by atoms with E-state index >= 15 is 0 Å². The standard InChI is InChI=1S/C16H16ClNO2/c17-14-6-4-5-13(11-14)9-10-18-16(19)12-20-15-7-2-1-3-8-15/h1-8,11H,9-10,12H2,(H,18,19). The van der Waals surface area contributed by atoms with Crippen molar-refractivity contribution in [3.63, 3.8) is 0 Å². The third-order valence-electron chi connectivity index (χ3n) is 2.74. The topological polar surface area (TPSA) is 38.3 Å². The van der Waals surface area contributed by atoms with Gasteiger partial charge in [0.2, 0.25) is 0 Å². The largest absolute Gasteiger partial charge is 0.484 e. The minimum atomic E-state index is -0.129. The first-order chi connectivity index (χ1) is 9.74. The van der Waals surface area contributed by atoms with Gasteiger partial charge in [0.15, 0.2) is 6.61 Å². The molecule has 3 nitrogen and oxygen atoms in total. The van der Waals surface area contributed by atoms with Crippen LogP contribution in [0, 0.1) is 0 Å². The molecule has 1 amide bonds. The summed E-state index contributed by atoms with van der Waals surface area (Å²) in [5, 5.41) is 3.52. The SMILES string of the molecule is O=C(COc1ccccc1)NCCc1cccc(Cl)c1. The smallest absolute Gasteiger partial charge is 0.257 e. The second kappa shape index (κ2) is 7.56. The Kier molecular flexibility index (Phi) is 5.44. The number of ether oxygens (including phenoxy) is 1. The van der Waals surface area contributed by atoms with Crippen molar-refractivity contribution in [3.05, 3.63) is 65.2 Å². The monoisotopic (exact) mass is 289 g/mol. The Labute approximate surface area is 123 Å². The summed E-state index contributed by atoms with van der Waals surface area (Å²) in [5.74, 6) is 0.563. The van der Waals surface area contributed by atoms with Crippen LogP contribution in [0.25, 0.3) is 0 Å². The molecule has 0 unspecified atom stereocenters. The molecule has 2 aromatic carbocycles. The molecule has 20 heavy (non-hydrogen) atoms. The zero-order chi connectivity index (χ0) is 14.2. The van der Waals surface area contributed by atoms with Crippen LogP contribution in [0.15, 0.2) is 54.6 Å². The van der Waals surface area contributed by atoms with E-state index < -0.39 is 0 Å². The van der Waals surface area contributed by atoms with Crippen molar-refractivity contribution >= 4 is 17.5 Å². The third-order valence-corrected chi connectivity index (χ3v) is 2.97. The van der Waals surface area contributed by atoms with E-state index in [4.69, 9.17) is 16.3 Å². The van der Waals surface area contributed by atoms with Crippen molar-refractivity contribution in [2.24, 2.45) is 0 Å². The third kappa shape index (κ3) is 4.94. The predicted octanol–water partition coefficient (Wildman–Crippen LogP) is 3.08. The molecule has 0 aliphatic carbocycles. The molecule has 0 aliphatic rings. The van der Waals surface area contributed by atoms with Crippen molar-refractivity contribution in [3.8, 4) is 5.75 Å². The Hall–Kier alpha value is -2.00. The molecule has 0 radical (unpaired) electrons. The van der Waals surface area contributed by atoms with Crippen LogP contribution in [0.4, 0.5) is 0 Å². The van der Waals surface area contributed by atoms with E-state index in [1.54, 1.807) is 0 Å². The Bertz CT molecular complexity index is 557. The number of benzene rings is 2. The Balaban J connectivity index is 1.68. The molecule has 0 saturated heterocycles. The molecular formula is C16H16ClNO2. The molecule has 0 aromatic heterocycles. The number of halogens is 1. The number of nitrogens with one attached hydrogen (secondary N) is 1. The van der Waals surface area contributed by atoms with Crippen molar-refractivity contribution < 1.29 is 9.53 Å². The van der Waals surface area contributed by atoms with Gasteiger partial charge in [-0.1, -0.05) is 41.9 Å². The van der Waals surface area contributed by atoms with Crippen LogP contribution >= 0.6 is 11.6 Å². The molecule has 0 aliphatic heterocycles. The number of amides is 1. The number of rotatable bonds is 6. The van der Waals surface area contributed by atoms with Gasteiger partial charge >= 0.3 is 0 Å². The molecule has 4 heteroatoms. The average molecular weight is 290 g/mol. The molecule has 0 spiro atoms. The van der Waals surface area contributed by atoms with Gasteiger partial charge in [-0.25, -0.2) is 0 Å². The summed E-state index contributed by atoms with van der Waals surface area (Å²) in [6.45, 7) is 0.594. The van der Waals surface area contributed by atoms with E-state index in [0.717, 1.165) is 12.0 Å². The number of hydrogen-bond donors (Lipinski definition) is 1. The van der Waals surface area contributed by atoms with Crippen molar-refractivity contribution in [1.82, 2.24) is 5.32 Å². The Morgan fingerprint density at radius 2 is 1.90 bits per heavy atom. The van der Waals surface area contributed by atoms with Crippen molar-refractivity contribution in [2.75, 3.05) is 13.2 Å². The summed E-state index contributed by atoms with van der Waals surface area (Å²) in [6, 6.07) is 16.9. The lowest BCUT2D eigenvalue weighted by atomic mass is 10.1. The molecule has 0 saturated carbocycles. The molecule has 0 bridgehead atoms. The van der Waals surface area contributed by atoms with Gasteiger partial charge in [0, 0.05) is 11.6 Å². The van der Waals surface area contributed by atoms with Crippen molar-refractivity contribution in [1.29, 1.82) is 0 Å². The minimum absolute atomic E-state index is 0.0273. The zero-order valence-corrected chi connectivity index (χ0v) is 11.8. The summed E-state index contributed by atoms with van der Waals surface area (Å²) in [5.41, 5.74) is 1.10. The van der Waals surface area contributed by atoms with Crippen LogP contribution < -0.4 is 10.1 Å². The molecular weight excluding hydrogens is 274 g/mol. The molecule has 0 heterocycles. The van der Waals surface area contributed by atoms with Crippen LogP contribution in [0.3, 0.4) is 0 Å². The molecule has 104 valence electrons. The lowest BCUT2D eigenvalue weighted by molar-refractivity contribution is -0.123. The lowest BCUT2D eigenvalue weighted by Crippen LogP contribution is -2.30. The molecule has 2 rings (SSSR count). The van der Waals surface area contributed by atoms with Crippen LogP contribution in [-0.2, 0) is 11.2 Å². The number of para-hydroxylation sites is 1. The minimum Gasteiger partial charge on any atom is -0.484 e. The van der Waals surface area contributed by atoms with Crippen LogP contribution in [0.2, 0.25) is 5.02 Å². The summed E-state index contributed by atoms with van der Waals surface area (Å²) >= 11 is 5.90. The second-order valence-corrected chi connectivity index (χ2v) is 4.77.